The topological polar surface area (TPSA) is 93.2 Å². The lowest BCUT2D eigenvalue weighted by molar-refractivity contribution is 0.340. The van der Waals surface area contributed by atoms with E-state index in [9.17, 15) is 13.5 Å². The lowest BCUT2D eigenvalue weighted by Crippen LogP contribution is -1.98. The van der Waals surface area contributed by atoms with E-state index in [2.05, 4.69) is 9.63 Å². The molecular weight excluding hydrogens is 414 g/mol. The number of nitrogens with zero attached hydrogens (tertiary/aromatic N) is 3. The fourth-order valence-electron chi connectivity index (χ4n) is 3.31. The van der Waals surface area contributed by atoms with Crippen molar-refractivity contribution in [2.24, 2.45) is 9.63 Å². The normalized spacial score (nSPS) is 11.9. The van der Waals surface area contributed by atoms with Crippen LogP contribution in [0.1, 0.15) is 12.5 Å². The maximum atomic E-state index is 12.6. The van der Waals surface area contributed by atoms with Crippen LogP contribution < -0.4 is 4.74 Å². The molecule has 0 aliphatic rings. The number of rotatable bonds is 7. The summed E-state index contributed by atoms with van der Waals surface area (Å²) in [6.07, 6.45) is 0. The number of ether oxygens (including phenoxy) is 1. The number of hydrogen-bond donors (Lipinski definition) is 1. The summed E-state index contributed by atoms with van der Waals surface area (Å²) < 4.78 is 35.9. The predicted molar refractivity (Wildman–Crippen MR) is 118 cm³/mol. The van der Waals surface area contributed by atoms with Gasteiger partial charge < -0.3 is 14.4 Å². The Morgan fingerprint density at radius 3 is 2.32 bits per heavy atom. The first kappa shape index (κ1) is 20.6. The van der Waals surface area contributed by atoms with E-state index in [1.165, 1.54) is 12.1 Å². The van der Waals surface area contributed by atoms with Crippen molar-refractivity contribution in [1.29, 1.82) is 0 Å². The maximum absolute atomic E-state index is 12.6. The molecule has 0 aliphatic heterocycles. The van der Waals surface area contributed by atoms with Crippen molar-refractivity contribution >= 4 is 26.6 Å². The molecule has 0 fully saturated rings. The van der Waals surface area contributed by atoms with Gasteiger partial charge in [-0.2, -0.15) is 8.42 Å². The number of hydrogen-bond acceptors (Lipinski definition) is 5. The molecule has 31 heavy (non-hydrogen) atoms. The average molecular weight is 436 g/mol. The number of benzene rings is 3. The Morgan fingerprint density at radius 2 is 1.61 bits per heavy atom. The van der Waals surface area contributed by atoms with Crippen LogP contribution in [0, 0.1) is 0 Å². The molecule has 0 radical (unpaired) electrons. The SMILES string of the molecule is CCOc1ccc(S(=O)(=O)N=Nc2c(O)n(Cc3ccccc3)c3ccccc23)cc1. The highest BCUT2D eigenvalue weighted by Crippen LogP contribution is 2.39. The zero-order valence-electron chi connectivity index (χ0n) is 16.8. The zero-order valence-corrected chi connectivity index (χ0v) is 17.7. The highest BCUT2D eigenvalue weighted by atomic mass is 32.2. The highest BCUT2D eigenvalue weighted by molar-refractivity contribution is 7.90. The Balaban J connectivity index is 1.71. The first-order chi connectivity index (χ1) is 15.0. The standard InChI is InChI=1S/C23H21N3O4S/c1-2-30-18-12-14-19(15-13-18)31(28,29)25-24-22-20-10-6-7-11-21(20)26(23(22)27)16-17-8-4-3-5-9-17/h3-15,27H,2,16H2,1H3. The first-order valence-electron chi connectivity index (χ1n) is 9.74. The monoisotopic (exact) mass is 435 g/mol. The summed E-state index contributed by atoms with van der Waals surface area (Å²) >= 11 is 0. The van der Waals surface area contributed by atoms with Gasteiger partial charge in [-0.05, 0) is 42.8 Å². The van der Waals surface area contributed by atoms with Crippen LogP contribution in [-0.4, -0.2) is 24.7 Å². The summed E-state index contributed by atoms with van der Waals surface area (Å²) in [5.41, 5.74) is 1.83. The van der Waals surface area contributed by atoms with E-state index in [1.807, 2.05) is 49.4 Å². The van der Waals surface area contributed by atoms with Crippen molar-refractivity contribution in [2.75, 3.05) is 6.61 Å². The minimum atomic E-state index is -4.04. The summed E-state index contributed by atoms with van der Waals surface area (Å²) in [7, 11) is -4.04. The van der Waals surface area contributed by atoms with Gasteiger partial charge in [-0.15, -0.1) is 5.11 Å². The van der Waals surface area contributed by atoms with E-state index in [0.717, 1.165) is 11.1 Å². The molecule has 3 aromatic carbocycles. The number of aromatic hydroxyl groups is 1. The number of aromatic nitrogens is 1. The molecule has 0 aliphatic carbocycles. The van der Waals surface area contributed by atoms with E-state index in [1.54, 1.807) is 28.8 Å². The number of fused-ring (bicyclic) bond motifs is 1. The molecule has 7 nitrogen and oxygen atoms in total. The molecule has 1 aromatic heterocycles. The van der Waals surface area contributed by atoms with E-state index >= 15 is 0 Å². The summed E-state index contributed by atoms with van der Waals surface area (Å²) in [6, 6.07) is 22.9. The van der Waals surface area contributed by atoms with Crippen molar-refractivity contribution in [2.45, 2.75) is 18.4 Å². The second kappa shape index (κ2) is 8.61. The fourth-order valence-corrected chi connectivity index (χ4v) is 4.08. The molecule has 1 heterocycles. The first-order valence-corrected chi connectivity index (χ1v) is 11.2. The number of sulfonamides is 1. The second-order valence-corrected chi connectivity index (χ2v) is 8.41. The van der Waals surface area contributed by atoms with Gasteiger partial charge >= 0.3 is 0 Å². The summed E-state index contributed by atoms with van der Waals surface area (Å²) in [5.74, 6) is 0.427. The maximum Gasteiger partial charge on any atom is 0.299 e. The summed E-state index contributed by atoms with van der Waals surface area (Å²) in [5, 5.41) is 15.4. The zero-order chi connectivity index (χ0) is 21.8. The van der Waals surface area contributed by atoms with Crippen LogP contribution >= 0.6 is 0 Å². The van der Waals surface area contributed by atoms with Crippen molar-refractivity contribution in [3.8, 4) is 11.6 Å². The fraction of sp³-hybridized carbons (Fsp3) is 0.130. The molecule has 4 rings (SSSR count). The van der Waals surface area contributed by atoms with Crippen LogP contribution in [0.2, 0.25) is 0 Å². The van der Waals surface area contributed by atoms with Gasteiger partial charge in [-0.3, -0.25) is 0 Å². The van der Waals surface area contributed by atoms with Gasteiger partial charge in [0, 0.05) is 5.39 Å². The Kier molecular flexibility index (Phi) is 5.73. The van der Waals surface area contributed by atoms with Crippen molar-refractivity contribution in [3.63, 3.8) is 0 Å². The average Bonchev–Trinajstić information content (AvgIpc) is 3.05. The molecular formula is C23H21N3O4S. The van der Waals surface area contributed by atoms with Gasteiger partial charge in [-0.1, -0.05) is 53.1 Å². The van der Waals surface area contributed by atoms with Crippen LogP contribution in [-0.2, 0) is 16.6 Å². The molecule has 4 aromatic rings. The van der Waals surface area contributed by atoms with Crippen LogP contribution in [0.3, 0.4) is 0 Å². The minimum Gasteiger partial charge on any atom is -0.494 e. The molecule has 0 saturated carbocycles. The summed E-state index contributed by atoms with van der Waals surface area (Å²) in [6.45, 7) is 2.74. The number of para-hydroxylation sites is 1. The molecule has 0 amide bonds. The summed E-state index contributed by atoms with van der Waals surface area (Å²) in [4.78, 5) is -0.00721. The molecule has 0 unspecified atom stereocenters. The van der Waals surface area contributed by atoms with Crippen LogP contribution in [0.4, 0.5) is 5.69 Å². The van der Waals surface area contributed by atoms with Crippen LogP contribution in [0.15, 0.2) is 93.4 Å². The molecule has 8 heteroatoms. The largest absolute Gasteiger partial charge is 0.494 e. The Labute approximate surface area is 180 Å². The van der Waals surface area contributed by atoms with Gasteiger partial charge in [0.05, 0.1) is 23.6 Å². The minimum absolute atomic E-state index is 0.00721. The Bertz CT molecular complexity index is 1330. The van der Waals surface area contributed by atoms with Gasteiger partial charge in [-0.25, -0.2) is 0 Å². The lowest BCUT2D eigenvalue weighted by Gasteiger charge is -2.06. The predicted octanol–water partition coefficient (Wildman–Crippen LogP) is 5.27. The van der Waals surface area contributed by atoms with Crippen LogP contribution in [0.25, 0.3) is 10.9 Å². The molecule has 1 N–H and O–H groups in total. The van der Waals surface area contributed by atoms with E-state index < -0.39 is 10.0 Å². The third-order valence-electron chi connectivity index (χ3n) is 4.78. The van der Waals surface area contributed by atoms with E-state index in [-0.39, 0.29) is 16.5 Å². The van der Waals surface area contributed by atoms with Gasteiger partial charge in [0.1, 0.15) is 5.75 Å². The molecule has 158 valence electrons. The smallest absolute Gasteiger partial charge is 0.299 e. The van der Waals surface area contributed by atoms with Gasteiger partial charge in [0.25, 0.3) is 10.0 Å². The van der Waals surface area contributed by atoms with Crippen molar-refractivity contribution in [3.05, 3.63) is 84.4 Å². The van der Waals surface area contributed by atoms with Crippen molar-refractivity contribution in [1.82, 2.24) is 4.57 Å². The molecule has 0 saturated heterocycles. The Hall–Kier alpha value is -3.65. The van der Waals surface area contributed by atoms with E-state index in [0.29, 0.717) is 24.3 Å². The van der Waals surface area contributed by atoms with Gasteiger partial charge in [0.15, 0.2) is 5.69 Å². The quantitative estimate of drug-likeness (QED) is 0.400. The second-order valence-electron chi connectivity index (χ2n) is 6.82. The molecule has 0 atom stereocenters. The molecule has 0 spiro atoms. The third kappa shape index (κ3) is 4.29. The highest BCUT2D eigenvalue weighted by Gasteiger charge is 2.19. The van der Waals surface area contributed by atoms with Gasteiger partial charge in [0.2, 0.25) is 5.88 Å². The molecule has 0 bridgehead atoms. The van der Waals surface area contributed by atoms with Crippen LogP contribution in [0.5, 0.6) is 11.6 Å². The lowest BCUT2D eigenvalue weighted by atomic mass is 10.2. The third-order valence-corrected chi connectivity index (χ3v) is 5.95. The van der Waals surface area contributed by atoms with E-state index in [4.69, 9.17) is 4.74 Å². The Morgan fingerprint density at radius 1 is 0.935 bits per heavy atom. The van der Waals surface area contributed by atoms with Crippen molar-refractivity contribution < 1.29 is 18.3 Å².